The summed E-state index contributed by atoms with van der Waals surface area (Å²) >= 11 is 5.77. The Morgan fingerprint density at radius 2 is 1.93 bits per heavy atom. The molecule has 15 heavy (non-hydrogen) atoms. The maximum absolute atomic E-state index is 5.95. The van der Waals surface area contributed by atoms with Crippen LogP contribution < -0.4 is 10.5 Å². The molecule has 2 N–H and O–H groups in total. The first-order chi connectivity index (χ1) is 7.13. The maximum atomic E-state index is 5.95. The van der Waals surface area contributed by atoms with Crippen molar-refractivity contribution in [3.63, 3.8) is 0 Å². The van der Waals surface area contributed by atoms with Gasteiger partial charge >= 0.3 is 0 Å². The molecule has 0 spiro atoms. The fourth-order valence-electron chi connectivity index (χ4n) is 1.19. The minimum Gasteiger partial charge on any atom is -0.492 e. The van der Waals surface area contributed by atoms with E-state index in [1.165, 1.54) is 0 Å². The van der Waals surface area contributed by atoms with Gasteiger partial charge in [0.1, 0.15) is 12.4 Å². The molecule has 1 aromatic carbocycles. The van der Waals surface area contributed by atoms with Crippen LogP contribution in [0.15, 0.2) is 24.3 Å². The molecular formula is C12H18ClNO. The molecule has 0 amide bonds. The maximum Gasteiger partial charge on any atom is 0.119 e. The normalized spacial score (nSPS) is 14.7. The summed E-state index contributed by atoms with van der Waals surface area (Å²) in [5.74, 6) is 1.30. The van der Waals surface area contributed by atoms with Crippen molar-refractivity contribution in [2.24, 2.45) is 11.7 Å². The van der Waals surface area contributed by atoms with E-state index in [4.69, 9.17) is 22.1 Å². The second-order valence-electron chi connectivity index (χ2n) is 3.81. The van der Waals surface area contributed by atoms with Gasteiger partial charge in [-0.1, -0.05) is 31.9 Å². The van der Waals surface area contributed by atoms with Crippen LogP contribution in [0.2, 0.25) is 5.02 Å². The second-order valence-corrected chi connectivity index (χ2v) is 4.25. The first-order valence-corrected chi connectivity index (χ1v) is 5.65. The van der Waals surface area contributed by atoms with Crippen LogP contribution in [0, 0.1) is 5.92 Å². The van der Waals surface area contributed by atoms with E-state index in [0.29, 0.717) is 17.5 Å². The van der Waals surface area contributed by atoms with Crippen molar-refractivity contribution in [2.45, 2.75) is 26.3 Å². The van der Waals surface area contributed by atoms with Crippen molar-refractivity contribution in [3.05, 3.63) is 29.3 Å². The molecule has 0 aliphatic carbocycles. The molecule has 0 aliphatic rings. The van der Waals surface area contributed by atoms with Crippen molar-refractivity contribution in [1.29, 1.82) is 0 Å². The molecule has 2 unspecified atom stereocenters. The van der Waals surface area contributed by atoms with Gasteiger partial charge in [0, 0.05) is 11.1 Å². The van der Waals surface area contributed by atoms with Crippen LogP contribution >= 0.6 is 11.6 Å². The van der Waals surface area contributed by atoms with Crippen molar-refractivity contribution in [3.8, 4) is 5.75 Å². The number of rotatable bonds is 5. The molecular weight excluding hydrogens is 210 g/mol. The molecule has 0 aromatic heterocycles. The molecule has 0 fully saturated rings. The van der Waals surface area contributed by atoms with Gasteiger partial charge in [0.05, 0.1) is 0 Å². The standard InChI is InChI=1S/C12H18ClNO/c1-3-9(2)12(14)8-15-11-6-4-10(13)5-7-11/h4-7,9,12H,3,8,14H2,1-2H3. The molecule has 0 aliphatic heterocycles. The van der Waals surface area contributed by atoms with E-state index in [-0.39, 0.29) is 6.04 Å². The van der Waals surface area contributed by atoms with E-state index in [9.17, 15) is 0 Å². The monoisotopic (exact) mass is 227 g/mol. The molecule has 0 radical (unpaired) electrons. The zero-order valence-electron chi connectivity index (χ0n) is 9.24. The zero-order chi connectivity index (χ0) is 11.3. The Morgan fingerprint density at radius 3 is 2.47 bits per heavy atom. The van der Waals surface area contributed by atoms with Gasteiger partial charge in [-0.05, 0) is 30.2 Å². The number of hydrogen-bond acceptors (Lipinski definition) is 2. The fourth-order valence-corrected chi connectivity index (χ4v) is 1.32. The molecule has 1 rings (SSSR count). The first-order valence-electron chi connectivity index (χ1n) is 5.27. The van der Waals surface area contributed by atoms with Crippen LogP contribution in [-0.4, -0.2) is 12.6 Å². The van der Waals surface area contributed by atoms with Crippen LogP contribution in [0.4, 0.5) is 0 Å². The summed E-state index contributed by atoms with van der Waals surface area (Å²) in [7, 11) is 0. The third-order valence-corrected chi connectivity index (χ3v) is 2.88. The van der Waals surface area contributed by atoms with Crippen LogP contribution in [0.1, 0.15) is 20.3 Å². The van der Waals surface area contributed by atoms with E-state index in [2.05, 4.69) is 13.8 Å². The summed E-state index contributed by atoms with van der Waals surface area (Å²) in [6, 6.07) is 7.42. The zero-order valence-corrected chi connectivity index (χ0v) is 10.00. The number of nitrogens with two attached hydrogens (primary N) is 1. The van der Waals surface area contributed by atoms with Gasteiger partial charge in [0.15, 0.2) is 0 Å². The van der Waals surface area contributed by atoms with Gasteiger partial charge in [0.2, 0.25) is 0 Å². The fraction of sp³-hybridized carbons (Fsp3) is 0.500. The van der Waals surface area contributed by atoms with Crippen LogP contribution in [-0.2, 0) is 0 Å². The number of benzene rings is 1. The number of ether oxygens (including phenoxy) is 1. The Hall–Kier alpha value is -0.730. The SMILES string of the molecule is CCC(C)C(N)COc1ccc(Cl)cc1. The summed E-state index contributed by atoms with van der Waals surface area (Å²) in [6.45, 7) is 4.82. The predicted molar refractivity (Wildman–Crippen MR) is 64.4 cm³/mol. The highest BCUT2D eigenvalue weighted by atomic mass is 35.5. The molecule has 84 valence electrons. The smallest absolute Gasteiger partial charge is 0.119 e. The first kappa shape index (κ1) is 12.3. The van der Waals surface area contributed by atoms with Gasteiger partial charge < -0.3 is 10.5 Å². The molecule has 1 aromatic rings. The molecule has 2 atom stereocenters. The van der Waals surface area contributed by atoms with E-state index in [0.717, 1.165) is 12.2 Å². The van der Waals surface area contributed by atoms with Gasteiger partial charge in [-0.15, -0.1) is 0 Å². The lowest BCUT2D eigenvalue weighted by molar-refractivity contribution is 0.250. The average Bonchev–Trinajstić information content (AvgIpc) is 2.26. The Bertz CT molecular complexity index is 286. The Morgan fingerprint density at radius 1 is 1.33 bits per heavy atom. The highest BCUT2D eigenvalue weighted by Gasteiger charge is 2.10. The third-order valence-electron chi connectivity index (χ3n) is 2.63. The predicted octanol–water partition coefficient (Wildman–Crippen LogP) is 3.09. The van der Waals surface area contributed by atoms with Crippen LogP contribution in [0.3, 0.4) is 0 Å². The van der Waals surface area contributed by atoms with Crippen molar-refractivity contribution in [1.82, 2.24) is 0 Å². The summed E-state index contributed by atoms with van der Waals surface area (Å²) in [6.07, 6.45) is 1.07. The largest absolute Gasteiger partial charge is 0.492 e. The lowest BCUT2D eigenvalue weighted by atomic mass is 10.0. The van der Waals surface area contributed by atoms with Crippen LogP contribution in [0.25, 0.3) is 0 Å². The quantitative estimate of drug-likeness (QED) is 0.839. The van der Waals surface area contributed by atoms with Crippen molar-refractivity contribution < 1.29 is 4.74 Å². The van der Waals surface area contributed by atoms with E-state index in [1.54, 1.807) is 0 Å². The molecule has 2 nitrogen and oxygen atoms in total. The summed E-state index contributed by atoms with van der Waals surface area (Å²) in [5, 5.41) is 0.716. The van der Waals surface area contributed by atoms with E-state index < -0.39 is 0 Å². The Labute approximate surface area is 96.4 Å². The lowest BCUT2D eigenvalue weighted by Crippen LogP contribution is -2.34. The van der Waals surface area contributed by atoms with Crippen molar-refractivity contribution >= 4 is 11.6 Å². The number of halogens is 1. The lowest BCUT2D eigenvalue weighted by Gasteiger charge is -2.18. The van der Waals surface area contributed by atoms with E-state index >= 15 is 0 Å². The Balaban J connectivity index is 2.40. The minimum absolute atomic E-state index is 0.0886. The topological polar surface area (TPSA) is 35.2 Å². The molecule has 3 heteroatoms. The third kappa shape index (κ3) is 4.10. The molecule has 0 heterocycles. The van der Waals surface area contributed by atoms with Gasteiger partial charge in [-0.25, -0.2) is 0 Å². The molecule has 0 bridgehead atoms. The average molecular weight is 228 g/mol. The number of hydrogen-bond donors (Lipinski definition) is 1. The second kappa shape index (κ2) is 5.99. The van der Waals surface area contributed by atoms with Crippen LogP contribution in [0.5, 0.6) is 5.75 Å². The minimum atomic E-state index is 0.0886. The van der Waals surface area contributed by atoms with Gasteiger partial charge in [-0.2, -0.15) is 0 Å². The van der Waals surface area contributed by atoms with E-state index in [1.807, 2.05) is 24.3 Å². The summed E-state index contributed by atoms with van der Waals surface area (Å²) < 4.78 is 5.56. The highest BCUT2D eigenvalue weighted by Crippen LogP contribution is 2.16. The summed E-state index contributed by atoms with van der Waals surface area (Å²) in [4.78, 5) is 0. The Kier molecular flexibility index (Phi) is 4.92. The molecule has 0 saturated heterocycles. The van der Waals surface area contributed by atoms with Gasteiger partial charge in [0.25, 0.3) is 0 Å². The highest BCUT2D eigenvalue weighted by molar-refractivity contribution is 6.30. The van der Waals surface area contributed by atoms with Crippen molar-refractivity contribution in [2.75, 3.05) is 6.61 Å². The van der Waals surface area contributed by atoms with Gasteiger partial charge in [-0.3, -0.25) is 0 Å². The summed E-state index contributed by atoms with van der Waals surface area (Å²) in [5.41, 5.74) is 5.95. The molecule has 0 saturated carbocycles.